The van der Waals surface area contributed by atoms with Gasteiger partial charge in [0.1, 0.15) is 16.7 Å². The minimum absolute atomic E-state index is 0.0243. The number of benzene rings is 1. The van der Waals surface area contributed by atoms with Crippen LogP contribution in [0, 0.1) is 5.92 Å². The zero-order chi connectivity index (χ0) is 19.4. The van der Waals surface area contributed by atoms with Crippen molar-refractivity contribution in [2.24, 2.45) is 5.92 Å². The summed E-state index contributed by atoms with van der Waals surface area (Å²) in [6, 6.07) is 4.58. The third-order valence-corrected chi connectivity index (χ3v) is 6.59. The van der Waals surface area contributed by atoms with Gasteiger partial charge in [-0.05, 0) is 43.9 Å². The van der Waals surface area contributed by atoms with E-state index in [0.717, 1.165) is 12.8 Å². The number of anilines is 1. The van der Waals surface area contributed by atoms with E-state index in [2.05, 4.69) is 5.32 Å². The molecule has 1 heterocycles. The van der Waals surface area contributed by atoms with Crippen LogP contribution in [0.5, 0.6) is 5.75 Å². The third kappa shape index (κ3) is 4.98. The molecule has 1 aliphatic carbocycles. The predicted octanol–water partition coefficient (Wildman–Crippen LogP) is 1.47. The Hall–Kier alpha value is -1.68. The lowest BCUT2D eigenvalue weighted by Crippen LogP contribution is -2.40. The van der Waals surface area contributed by atoms with Crippen LogP contribution < -0.4 is 10.1 Å². The van der Waals surface area contributed by atoms with Gasteiger partial charge in [-0.25, -0.2) is 8.42 Å². The van der Waals surface area contributed by atoms with Crippen molar-refractivity contribution >= 4 is 21.6 Å². The van der Waals surface area contributed by atoms with Crippen molar-refractivity contribution in [2.45, 2.75) is 30.8 Å². The summed E-state index contributed by atoms with van der Waals surface area (Å²) in [4.78, 5) is 12.3. The van der Waals surface area contributed by atoms with Gasteiger partial charge in [-0.2, -0.15) is 4.31 Å². The number of hydrogen-bond acceptors (Lipinski definition) is 6. The Labute approximate surface area is 159 Å². The van der Waals surface area contributed by atoms with E-state index in [-0.39, 0.29) is 29.6 Å². The average molecular weight is 398 g/mol. The predicted molar refractivity (Wildman–Crippen MR) is 99.3 cm³/mol. The summed E-state index contributed by atoms with van der Waals surface area (Å²) in [5.41, 5.74) is 0.384. The van der Waals surface area contributed by atoms with E-state index in [4.69, 9.17) is 14.2 Å². The van der Waals surface area contributed by atoms with E-state index in [9.17, 15) is 13.2 Å². The first kappa shape index (κ1) is 20.1. The van der Waals surface area contributed by atoms with Crippen LogP contribution in [0.25, 0.3) is 0 Å². The highest BCUT2D eigenvalue weighted by molar-refractivity contribution is 7.89. The molecule has 1 N–H and O–H groups in total. The Morgan fingerprint density at radius 2 is 2.04 bits per heavy atom. The summed E-state index contributed by atoms with van der Waals surface area (Å²) < 4.78 is 43.3. The molecule has 150 valence electrons. The quantitative estimate of drug-likeness (QED) is 0.713. The number of nitrogens with one attached hydrogen (secondary N) is 1. The molecule has 1 saturated carbocycles. The SMILES string of the molecule is COc1ccc(NC(=O)C(C)OCC2CC2)cc1S(=O)(=O)N1CCOCC1. The van der Waals surface area contributed by atoms with Crippen LogP contribution in [0.2, 0.25) is 0 Å². The van der Waals surface area contributed by atoms with Crippen LogP contribution >= 0.6 is 0 Å². The van der Waals surface area contributed by atoms with Crippen LogP contribution in [0.4, 0.5) is 5.69 Å². The molecule has 8 nitrogen and oxygen atoms in total. The maximum Gasteiger partial charge on any atom is 0.253 e. The largest absolute Gasteiger partial charge is 0.495 e. The van der Waals surface area contributed by atoms with Gasteiger partial charge in [0, 0.05) is 18.8 Å². The van der Waals surface area contributed by atoms with Gasteiger partial charge < -0.3 is 19.5 Å². The molecule has 27 heavy (non-hydrogen) atoms. The Balaban J connectivity index is 1.75. The summed E-state index contributed by atoms with van der Waals surface area (Å²) in [7, 11) is -2.33. The van der Waals surface area contributed by atoms with Gasteiger partial charge in [-0.15, -0.1) is 0 Å². The lowest BCUT2D eigenvalue weighted by atomic mass is 10.2. The van der Waals surface area contributed by atoms with E-state index in [1.165, 1.54) is 17.5 Å². The van der Waals surface area contributed by atoms with Gasteiger partial charge in [0.25, 0.3) is 5.91 Å². The Morgan fingerprint density at radius 3 is 2.67 bits per heavy atom. The molecule has 1 aliphatic heterocycles. The lowest BCUT2D eigenvalue weighted by Gasteiger charge is -2.27. The molecule has 1 unspecified atom stereocenters. The fraction of sp³-hybridized carbons (Fsp3) is 0.611. The van der Waals surface area contributed by atoms with Crippen molar-refractivity contribution in [3.8, 4) is 5.75 Å². The first-order valence-corrected chi connectivity index (χ1v) is 10.5. The second-order valence-electron chi connectivity index (χ2n) is 6.79. The molecule has 1 atom stereocenters. The van der Waals surface area contributed by atoms with Crippen molar-refractivity contribution in [1.29, 1.82) is 0 Å². The van der Waals surface area contributed by atoms with Crippen molar-refractivity contribution in [3.05, 3.63) is 18.2 Å². The number of morpholine rings is 1. The molecule has 2 aliphatic rings. The molecule has 0 aromatic heterocycles. The highest BCUT2D eigenvalue weighted by Crippen LogP contribution is 2.31. The fourth-order valence-corrected chi connectivity index (χ4v) is 4.36. The maximum absolute atomic E-state index is 13.0. The summed E-state index contributed by atoms with van der Waals surface area (Å²) in [6.07, 6.45) is 1.69. The van der Waals surface area contributed by atoms with Gasteiger partial charge in [0.05, 0.1) is 26.9 Å². The molecule has 1 amide bonds. The minimum Gasteiger partial charge on any atom is -0.495 e. The molecule has 0 radical (unpaired) electrons. The molecule has 2 fully saturated rings. The molecule has 1 aromatic carbocycles. The number of hydrogen-bond donors (Lipinski definition) is 1. The van der Waals surface area contributed by atoms with Crippen molar-refractivity contribution < 1.29 is 27.4 Å². The van der Waals surface area contributed by atoms with Crippen LogP contribution in [0.1, 0.15) is 19.8 Å². The van der Waals surface area contributed by atoms with E-state index in [0.29, 0.717) is 31.4 Å². The molecule has 9 heteroatoms. The lowest BCUT2D eigenvalue weighted by molar-refractivity contribution is -0.126. The second kappa shape index (κ2) is 8.55. The Bertz CT molecular complexity index is 772. The molecule has 0 spiro atoms. The Kier molecular flexibility index (Phi) is 6.36. The van der Waals surface area contributed by atoms with Crippen LogP contribution in [-0.2, 0) is 24.3 Å². The topological polar surface area (TPSA) is 94.2 Å². The maximum atomic E-state index is 13.0. The molecule has 1 aromatic rings. The smallest absolute Gasteiger partial charge is 0.253 e. The normalized spacial score (nSPS) is 19.5. The summed E-state index contributed by atoms with van der Waals surface area (Å²) >= 11 is 0. The van der Waals surface area contributed by atoms with E-state index >= 15 is 0 Å². The molecule has 0 bridgehead atoms. The number of nitrogens with zero attached hydrogens (tertiary/aromatic N) is 1. The van der Waals surface area contributed by atoms with E-state index in [1.54, 1.807) is 19.1 Å². The first-order chi connectivity index (χ1) is 12.9. The van der Waals surface area contributed by atoms with Gasteiger partial charge >= 0.3 is 0 Å². The Morgan fingerprint density at radius 1 is 1.33 bits per heavy atom. The van der Waals surface area contributed by atoms with Crippen molar-refractivity contribution in [1.82, 2.24) is 4.31 Å². The van der Waals surface area contributed by atoms with Crippen LogP contribution in [-0.4, -0.2) is 64.8 Å². The number of ether oxygens (including phenoxy) is 3. The molecular formula is C18H26N2O6S. The summed E-state index contributed by atoms with van der Waals surface area (Å²) in [5, 5.41) is 2.73. The third-order valence-electron chi connectivity index (χ3n) is 4.67. The number of rotatable bonds is 8. The second-order valence-corrected chi connectivity index (χ2v) is 8.70. The van der Waals surface area contributed by atoms with E-state index < -0.39 is 16.1 Å². The molecule has 1 saturated heterocycles. The monoisotopic (exact) mass is 398 g/mol. The van der Waals surface area contributed by atoms with Gasteiger partial charge in [0.2, 0.25) is 10.0 Å². The molecule has 3 rings (SSSR count). The highest BCUT2D eigenvalue weighted by atomic mass is 32.2. The molecular weight excluding hydrogens is 372 g/mol. The number of carbonyl (C=O) groups is 1. The number of carbonyl (C=O) groups excluding carboxylic acids is 1. The number of amides is 1. The number of methoxy groups -OCH3 is 1. The zero-order valence-electron chi connectivity index (χ0n) is 15.6. The minimum atomic E-state index is -3.75. The van der Waals surface area contributed by atoms with Crippen LogP contribution in [0.15, 0.2) is 23.1 Å². The van der Waals surface area contributed by atoms with Gasteiger partial charge in [-0.3, -0.25) is 4.79 Å². The van der Waals surface area contributed by atoms with Crippen molar-refractivity contribution in [2.75, 3.05) is 45.3 Å². The van der Waals surface area contributed by atoms with Crippen molar-refractivity contribution in [3.63, 3.8) is 0 Å². The number of sulfonamides is 1. The zero-order valence-corrected chi connectivity index (χ0v) is 16.5. The highest BCUT2D eigenvalue weighted by Gasteiger charge is 2.30. The van der Waals surface area contributed by atoms with Gasteiger partial charge in [0.15, 0.2) is 0 Å². The summed E-state index contributed by atoms with van der Waals surface area (Å²) in [5.74, 6) is 0.486. The average Bonchev–Trinajstić information content (AvgIpc) is 3.51. The summed E-state index contributed by atoms with van der Waals surface area (Å²) in [6.45, 7) is 3.55. The van der Waals surface area contributed by atoms with Gasteiger partial charge in [-0.1, -0.05) is 0 Å². The van der Waals surface area contributed by atoms with E-state index in [1.807, 2.05) is 0 Å². The first-order valence-electron chi connectivity index (χ1n) is 9.10. The van der Waals surface area contributed by atoms with Crippen LogP contribution in [0.3, 0.4) is 0 Å². The fourth-order valence-electron chi connectivity index (χ4n) is 2.77. The standard InChI is InChI=1S/C18H26N2O6S/c1-13(26-12-14-3-4-14)18(21)19-15-5-6-16(24-2)17(11-15)27(22,23)20-7-9-25-10-8-20/h5-6,11,13-14H,3-4,7-10,12H2,1-2H3,(H,19,21).